The van der Waals surface area contributed by atoms with Crippen molar-refractivity contribution < 1.29 is 34.1 Å². The first-order valence-electron chi connectivity index (χ1n) is 11.8. The predicted molar refractivity (Wildman–Crippen MR) is 145 cm³/mol. The van der Waals surface area contributed by atoms with Gasteiger partial charge in [-0.15, -0.1) is 0 Å². The third kappa shape index (κ3) is 5.78. The largest absolute Gasteiger partial charge is 0.478 e. The molecule has 0 fully saturated rings. The summed E-state index contributed by atoms with van der Waals surface area (Å²) in [6, 6.07) is 22.1. The number of carboxylic acids is 2. The maximum atomic E-state index is 13.4. The smallest absolute Gasteiger partial charge is 0.336 e. The van der Waals surface area contributed by atoms with Gasteiger partial charge in [-0.3, -0.25) is 9.59 Å². The fourth-order valence-corrected chi connectivity index (χ4v) is 4.06. The molecule has 0 bridgehead atoms. The molecule has 0 spiro atoms. The molecule has 0 saturated carbocycles. The fourth-order valence-electron chi connectivity index (χ4n) is 4.06. The van der Waals surface area contributed by atoms with E-state index >= 15 is 0 Å². The van der Waals surface area contributed by atoms with Crippen molar-refractivity contribution in [3.8, 4) is 22.6 Å². The van der Waals surface area contributed by atoms with Crippen LogP contribution in [0.4, 0.5) is 5.69 Å². The van der Waals surface area contributed by atoms with Crippen LogP contribution in [-0.4, -0.2) is 41.0 Å². The Balaban J connectivity index is 1.74. The van der Waals surface area contributed by atoms with Crippen molar-refractivity contribution in [2.45, 2.75) is 6.92 Å². The maximum absolute atomic E-state index is 13.4. The molecule has 0 unspecified atom stereocenters. The molecule has 39 heavy (non-hydrogen) atoms. The molecule has 0 aliphatic carbocycles. The molecular weight excluding hydrogens is 500 g/mol. The zero-order valence-corrected chi connectivity index (χ0v) is 21.0. The monoisotopic (exact) mass is 524 g/mol. The van der Waals surface area contributed by atoms with Gasteiger partial charge in [0.1, 0.15) is 11.5 Å². The second kappa shape index (κ2) is 11.3. The average Bonchev–Trinajstić information content (AvgIpc) is 2.93. The number of aromatic carboxylic acids is 2. The van der Waals surface area contributed by atoms with Crippen LogP contribution >= 0.6 is 0 Å². The molecule has 4 aromatic carbocycles. The highest BCUT2D eigenvalue weighted by atomic mass is 16.5. The minimum Gasteiger partial charge on any atom is -0.478 e. The highest BCUT2D eigenvalue weighted by Gasteiger charge is 2.28. The number of hydrogen-bond donors (Lipinski definition) is 4. The van der Waals surface area contributed by atoms with Crippen LogP contribution in [0.5, 0.6) is 11.5 Å². The van der Waals surface area contributed by atoms with E-state index in [1.807, 2.05) is 31.2 Å². The van der Waals surface area contributed by atoms with E-state index in [-0.39, 0.29) is 33.4 Å². The quantitative estimate of drug-likeness (QED) is 0.240. The molecule has 4 rings (SSSR count). The highest BCUT2D eigenvalue weighted by molar-refractivity contribution is 6.17. The van der Waals surface area contributed by atoms with Crippen molar-refractivity contribution in [3.63, 3.8) is 0 Å². The first-order valence-corrected chi connectivity index (χ1v) is 11.8. The lowest BCUT2D eigenvalue weighted by atomic mass is 9.87. The van der Waals surface area contributed by atoms with Crippen molar-refractivity contribution >= 4 is 29.4 Å². The van der Waals surface area contributed by atoms with E-state index in [2.05, 4.69) is 10.6 Å². The van der Waals surface area contributed by atoms with Crippen molar-refractivity contribution in [3.05, 3.63) is 113 Å². The van der Waals surface area contributed by atoms with E-state index < -0.39 is 23.8 Å². The molecule has 2 amide bonds. The lowest BCUT2D eigenvalue weighted by Crippen LogP contribution is -2.22. The zero-order valence-electron chi connectivity index (χ0n) is 21.0. The number of carbonyl (C=O) groups is 4. The molecular formula is C30H24N2O7. The molecule has 4 aromatic rings. The van der Waals surface area contributed by atoms with Gasteiger partial charge in [-0.25, -0.2) is 9.59 Å². The summed E-state index contributed by atoms with van der Waals surface area (Å²) in [5.74, 6) is -2.91. The first-order chi connectivity index (χ1) is 18.7. The topological polar surface area (TPSA) is 142 Å². The normalized spacial score (nSPS) is 10.4. The molecule has 4 N–H and O–H groups in total. The Hall–Kier alpha value is -5.44. The number of ether oxygens (including phenoxy) is 1. The van der Waals surface area contributed by atoms with Gasteiger partial charge in [0, 0.05) is 35.0 Å². The molecule has 0 aromatic heterocycles. The Morgan fingerprint density at radius 3 is 1.51 bits per heavy atom. The molecule has 0 aliphatic rings. The maximum Gasteiger partial charge on any atom is 0.336 e. The minimum atomic E-state index is -1.39. The minimum absolute atomic E-state index is 0.0854. The predicted octanol–water partition coefficient (Wildman–Crippen LogP) is 5.46. The summed E-state index contributed by atoms with van der Waals surface area (Å²) < 4.78 is 5.81. The van der Waals surface area contributed by atoms with E-state index in [1.54, 1.807) is 24.3 Å². The van der Waals surface area contributed by atoms with E-state index in [4.69, 9.17) is 4.74 Å². The molecule has 9 nitrogen and oxygen atoms in total. The second-order valence-corrected chi connectivity index (χ2v) is 8.54. The Morgan fingerprint density at radius 1 is 0.615 bits per heavy atom. The molecule has 0 atom stereocenters. The van der Waals surface area contributed by atoms with Crippen molar-refractivity contribution in [2.75, 3.05) is 12.4 Å². The van der Waals surface area contributed by atoms with Crippen molar-refractivity contribution in [1.29, 1.82) is 0 Å². The molecule has 9 heteroatoms. The number of benzene rings is 4. The van der Waals surface area contributed by atoms with E-state index in [1.165, 1.54) is 43.4 Å². The summed E-state index contributed by atoms with van der Waals surface area (Å²) in [5.41, 5.74) is 0.278. The van der Waals surface area contributed by atoms with E-state index in [0.717, 1.165) is 5.56 Å². The van der Waals surface area contributed by atoms with Crippen LogP contribution in [0.2, 0.25) is 0 Å². The summed E-state index contributed by atoms with van der Waals surface area (Å²) in [5, 5.41) is 24.9. The lowest BCUT2D eigenvalue weighted by molar-refractivity contribution is 0.0684. The van der Waals surface area contributed by atoms with Gasteiger partial charge in [0.25, 0.3) is 11.8 Å². The van der Waals surface area contributed by atoms with E-state index in [9.17, 15) is 29.4 Å². The third-order valence-corrected chi connectivity index (χ3v) is 5.92. The Kier molecular flexibility index (Phi) is 7.72. The van der Waals surface area contributed by atoms with Crippen LogP contribution in [0.15, 0.2) is 84.9 Å². The Labute approximate surface area is 223 Å². The summed E-state index contributed by atoms with van der Waals surface area (Å²) in [6.45, 7) is 1.97. The van der Waals surface area contributed by atoms with Crippen LogP contribution in [0, 0.1) is 6.92 Å². The number of carbonyl (C=O) groups excluding carboxylic acids is 2. The van der Waals surface area contributed by atoms with Gasteiger partial charge < -0.3 is 25.6 Å². The fraction of sp³-hybridized carbons (Fsp3) is 0.0667. The number of rotatable bonds is 8. The van der Waals surface area contributed by atoms with Crippen LogP contribution < -0.4 is 15.4 Å². The second-order valence-electron chi connectivity index (χ2n) is 8.54. The van der Waals surface area contributed by atoms with Crippen molar-refractivity contribution in [2.24, 2.45) is 0 Å². The summed E-state index contributed by atoms with van der Waals surface area (Å²) in [7, 11) is 1.36. The summed E-state index contributed by atoms with van der Waals surface area (Å²) >= 11 is 0. The molecule has 0 heterocycles. The van der Waals surface area contributed by atoms with Crippen LogP contribution in [-0.2, 0) is 0 Å². The number of aryl methyl sites for hydroxylation is 1. The lowest BCUT2D eigenvalue weighted by Gasteiger charge is -2.18. The van der Waals surface area contributed by atoms with Crippen LogP contribution in [0.25, 0.3) is 11.1 Å². The van der Waals surface area contributed by atoms with Gasteiger partial charge >= 0.3 is 11.9 Å². The first kappa shape index (κ1) is 26.6. The van der Waals surface area contributed by atoms with Gasteiger partial charge in [-0.1, -0.05) is 29.8 Å². The Bertz CT molecular complexity index is 1580. The number of carboxylic acid groups (broad SMARTS) is 2. The van der Waals surface area contributed by atoms with Crippen LogP contribution in [0.1, 0.15) is 47.0 Å². The van der Waals surface area contributed by atoms with Crippen LogP contribution in [0.3, 0.4) is 0 Å². The summed E-state index contributed by atoms with van der Waals surface area (Å²) in [6.07, 6.45) is 0. The van der Waals surface area contributed by atoms with Gasteiger partial charge in [-0.2, -0.15) is 0 Å². The summed E-state index contributed by atoms with van der Waals surface area (Å²) in [4.78, 5) is 50.4. The van der Waals surface area contributed by atoms with Gasteiger partial charge in [0.05, 0.1) is 11.1 Å². The number of amides is 2. The van der Waals surface area contributed by atoms with Crippen molar-refractivity contribution in [1.82, 2.24) is 5.32 Å². The molecule has 196 valence electrons. The number of anilines is 1. The molecule has 0 aliphatic heterocycles. The molecule has 0 saturated heterocycles. The number of nitrogens with one attached hydrogen (secondary N) is 2. The zero-order chi connectivity index (χ0) is 28.1. The Morgan fingerprint density at radius 2 is 1.05 bits per heavy atom. The van der Waals surface area contributed by atoms with E-state index in [0.29, 0.717) is 17.2 Å². The van der Waals surface area contributed by atoms with Gasteiger partial charge in [0.15, 0.2) is 0 Å². The SMILES string of the molecule is CNC(=O)c1cccc(C(=O)O)c1-c1c(C(=O)O)cccc1C(=O)Nc1ccc(Oc2ccc(C)cc2)cc1. The van der Waals surface area contributed by atoms with Gasteiger partial charge in [0.2, 0.25) is 0 Å². The molecule has 0 radical (unpaired) electrons. The standard InChI is InChI=1S/C30H24N2O7/c1-17-9-13-19(14-10-17)39-20-15-11-18(12-16-20)32-28(34)22-6-4-8-24(30(37)38)26(22)25-21(27(33)31-2)5-3-7-23(25)29(35)36/h3-16H,1-2H3,(H,31,33)(H,32,34)(H,35,36)(H,37,38). The average molecular weight is 525 g/mol. The van der Waals surface area contributed by atoms with Gasteiger partial charge in [-0.05, 0) is 67.6 Å². The number of hydrogen-bond acceptors (Lipinski definition) is 5. The highest BCUT2D eigenvalue weighted by Crippen LogP contribution is 2.35. The third-order valence-electron chi connectivity index (χ3n) is 5.92.